The molecule has 0 spiro atoms. The van der Waals surface area contributed by atoms with Crippen molar-refractivity contribution < 1.29 is 38.6 Å². The van der Waals surface area contributed by atoms with E-state index in [0.717, 1.165) is 22.0 Å². The molecule has 0 amide bonds. The molecule has 5 N–H and O–H groups in total. The maximum Gasteiger partial charge on any atom is 0.271 e. The predicted octanol–water partition coefficient (Wildman–Crippen LogP) is 9.98. The van der Waals surface area contributed by atoms with Crippen LogP contribution in [0.4, 0.5) is 17.1 Å². The Labute approximate surface area is 501 Å². The van der Waals surface area contributed by atoms with Gasteiger partial charge >= 0.3 is 0 Å². The largest absolute Gasteiger partial charge is 0.484 e. The number of pyridine rings is 2. The van der Waals surface area contributed by atoms with Crippen LogP contribution in [0.1, 0.15) is 43.0 Å². The van der Waals surface area contributed by atoms with E-state index in [9.17, 15) is 30.3 Å². The number of hydrogen-bond acceptors (Lipinski definition) is 15. The first kappa shape index (κ1) is 61.1. The second kappa shape index (κ2) is 28.4. The number of nitrogens with zero attached hydrogens (tertiary/aromatic N) is 5. The van der Waals surface area contributed by atoms with Gasteiger partial charge in [0, 0.05) is 22.1 Å². The lowest BCUT2D eigenvalue weighted by molar-refractivity contribution is 0.00863. The summed E-state index contributed by atoms with van der Waals surface area (Å²) in [4.78, 5) is 28.3. The molecule has 4 aliphatic heterocycles. The zero-order valence-electron chi connectivity index (χ0n) is 46.4. The molecule has 8 atom stereocenters. The number of fused-ring (bicyclic) bond motifs is 4. The van der Waals surface area contributed by atoms with E-state index in [1.807, 2.05) is 115 Å². The number of ether oxygens (including phenoxy) is 6. The molecule has 4 aliphatic rings. The molecule has 0 saturated carbocycles. The van der Waals surface area contributed by atoms with Gasteiger partial charge in [0.25, 0.3) is 11.1 Å². The van der Waals surface area contributed by atoms with Crippen LogP contribution >= 0.6 is 34.8 Å². The highest BCUT2D eigenvalue weighted by atomic mass is 35.5. The average Bonchev–Trinajstić information content (AvgIpc) is 2.01. The van der Waals surface area contributed by atoms with Gasteiger partial charge in [-0.3, -0.25) is 9.59 Å². The summed E-state index contributed by atoms with van der Waals surface area (Å²) in [5.41, 5.74) is 9.89. The normalized spacial score (nSPS) is 20.9. The van der Waals surface area contributed by atoms with Gasteiger partial charge in [-0.2, -0.15) is 10.5 Å². The average molecular weight is 1200 g/mol. The van der Waals surface area contributed by atoms with E-state index < -0.39 is 18.3 Å². The van der Waals surface area contributed by atoms with E-state index in [2.05, 4.69) is 37.1 Å². The summed E-state index contributed by atoms with van der Waals surface area (Å²) in [6.45, 7) is 12.1. The molecule has 0 aliphatic carbocycles. The molecular formula is C64H64Cl3N7O10. The third-order valence-corrected chi connectivity index (χ3v) is 15.9. The Morgan fingerprint density at radius 3 is 1.50 bits per heavy atom. The number of nitrogens with one attached hydrogen (secondary N) is 1. The molecule has 17 nitrogen and oxygen atoms in total. The van der Waals surface area contributed by atoms with E-state index in [1.54, 1.807) is 45.5 Å². The molecule has 2 aromatic heterocycles. The Morgan fingerprint density at radius 1 is 0.583 bits per heavy atom. The van der Waals surface area contributed by atoms with Gasteiger partial charge in [-0.1, -0.05) is 153 Å². The highest BCUT2D eigenvalue weighted by molar-refractivity contribution is 6.36. The Bertz CT molecular complexity index is 3780. The number of hydrogen-bond donors (Lipinski definition) is 4. The van der Waals surface area contributed by atoms with Crippen molar-refractivity contribution in [2.45, 2.75) is 82.7 Å². The first-order valence-electron chi connectivity index (χ1n) is 27.6. The zero-order valence-corrected chi connectivity index (χ0v) is 48.7. The quantitative estimate of drug-likeness (QED) is 0.0788. The van der Waals surface area contributed by atoms with Crippen molar-refractivity contribution >= 4 is 73.7 Å². The van der Waals surface area contributed by atoms with Crippen LogP contribution < -0.4 is 31.6 Å². The smallest absolute Gasteiger partial charge is 0.271 e. The van der Waals surface area contributed by atoms with Gasteiger partial charge in [0.15, 0.2) is 12.2 Å². The number of rotatable bonds is 13. The number of aliphatic hydroxyl groups excluding tert-OH is 2. The minimum absolute atomic E-state index is 0.00806. The monoisotopic (exact) mass is 1200 g/mol. The maximum absolute atomic E-state index is 13.5. The predicted molar refractivity (Wildman–Crippen MR) is 326 cm³/mol. The fraction of sp³-hybridized carbons (Fsp3) is 0.312. The first-order valence-corrected chi connectivity index (χ1v) is 28.7. The number of aromatic nitrogens is 2. The lowest BCUT2D eigenvalue weighted by Gasteiger charge is -2.20. The standard InChI is InChI=1S/C29H24ClN3O5.C17H11ClN2O.C12H14ClNO4.C6H15N/c30-21-12-18(10-11-24(21)38-25-16-37-27-23(34)15-36-28(25)27)32-26-19-8-4-5-9-22(19)33(29(35)20(26)13-31)14-17-6-2-1-3-7-17;18-16-13-8-4-5-9-15(13)20(17(21)14(16)10-19)11-12-6-2-1-3-7-12;13-7-3-6(14)1-2-9(7)18-10-5-17-11-8(15)4-16-12(10)11;1-4-7(5-2)6-3/h1-12,23,25,27-28,32,34H,14-16H2;1-9H,11H2;1-3,8,10-12,15H,4-5,14H2;4-6H2,1-3H3/t23-,25?,27+,28+;;8-,10?,11+,12+;/m0.0./s1. The zero-order chi connectivity index (χ0) is 59.4. The summed E-state index contributed by atoms with van der Waals surface area (Å²) in [6, 6.07) is 48.4. The van der Waals surface area contributed by atoms with Crippen LogP contribution in [-0.4, -0.2) is 119 Å². The summed E-state index contributed by atoms with van der Waals surface area (Å²) in [7, 11) is 0. The number of nitriles is 2. The van der Waals surface area contributed by atoms with Crippen LogP contribution in [0.2, 0.25) is 15.1 Å². The topological polar surface area (TPSA) is 229 Å². The Balaban J connectivity index is 0.000000155. The molecule has 6 heterocycles. The first-order chi connectivity index (χ1) is 40.7. The third kappa shape index (κ3) is 13.8. The molecule has 84 heavy (non-hydrogen) atoms. The van der Waals surface area contributed by atoms with Crippen LogP contribution in [0.15, 0.2) is 155 Å². The Hall–Kier alpha value is -7.49. The second-order valence-electron chi connectivity index (χ2n) is 20.2. The SMILES string of the molecule is CCN(CC)CC.N#Cc1c(Cl)c2ccccc2n(Cc2ccccc2)c1=O.N#Cc1c(Nc2ccc(OC3CO[C@H]4[C@@H]3OC[C@@H]4O)c(Cl)c2)c2ccccc2n(Cc2ccccc2)c1=O.Nc1ccc(OC2CO[C@H]3[C@@H]2OC[C@@H]3O)c(Cl)c1. The number of para-hydroxylation sites is 2. The summed E-state index contributed by atoms with van der Waals surface area (Å²) in [6.07, 6.45) is -3.19. The van der Waals surface area contributed by atoms with Crippen LogP contribution in [0.5, 0.6) is 11.5 Å². The fourth-order valence-electron chi connectivity index (χ4n) is 10.5. The molecule has 4 saturated heterocycles. The van der Waals surface area contributed by atoms with Gasteiger partial charge in [0.2, 0.25) is 0 Å². The van der Waals surface area contributed by atoms with Gasteiger partial charge in [-0.05, 0) is 79.3 Å². The van der Waals surface area contributed by atoms with Crippen molar-refractivity contribution in [2.75, 3.05) is 57.1 Å². The maximum atomic E-state index is 13.5. The third-order valence-electron chi connectivity index (χ3n) is 14.9. The van der Waals surface area contributed by atoms with Gasteiger partial charge in [-0.15, -0.1) is 0 Å². The number of nitrogens with two attached hydrogens (primary N) is 1. The highest BCUT2D eigenvalue weighted by Crippen LogP contribution is 2.37. The van der Waals surface area contributed by atoms with Crippen LogP contribution in [0.3, 0.4) is 0 Å². The summed E-state index contributed by atoms with van der Waals surface area (Å²) >= 11 is 18.8. The van der Waals surface area contributed by atoms with Gasteiger partial charge in [0.05, 0.1) is 71.3 Å². The van der Waals surface area contributed by atoms with Gasteiger partial charge in [-0.25, -0.2) is 0 Å². The van der Waals surface area contributed by atoms with E-state index >= 15 is 0 Å². The number of anilines is 3. The van der Waals surface area contributed by atoms with Gasteiger partial charge in [0.1, 0.15) is 71.4 Å². The van der Waals surface area contributed by atoms with Crippen molar-refractivity contribution in [2.24, 2.45) is 0 Å². The van der Waals surface area contributed by atoms with Crippen molar-refractivity contribution in [1.82, 2.24) is 14.0 Å². The van der Waals surface area contributed by atoms with Crippen LogP contribution in [-0.2, 0) is 32.0 Å². The molecule has 4 fully saturated rings. The number of nitrogen functional groups attached to an aromatic ring is 1. The van der Waals surface area contributed by atoms with E-state index in [0.29, 0.717) is 75.8 Å². The van der Waals surface area contributed by atoms with E-state index in [-0.39, 0.29) is 71.0 Å². The van der Waals surface area contributed by atoms with Gasteiger partial charge < -0.3 is 63.7 Å². The Morgan fingerprint density at radius 2 is 1.02 bits per heavy atom. The second-order valence-corrected chi connectivity index (χ2v) is 21.4. The lowest BCUT2D eigenvalue weighted by Crippen LogP contribution is -2.34. The molecule has 0 radical (unpaired) electrons. The minimum Gasteiger partial charge on any atom is -0.484 e. The fourth-order valence-corrected chi connectivity index (χ4v) is 11.2. The van der Waals surface area contributed by atoms with Crippen LogP contribution in [0.25, 0.3) is 21.8 Å². The van der Waals surface area contributed by atoms with Crippen molar-refractivity contribution in [3.8, 4) is 23.6 Å². The number of aliphatic hydroxyl groups is 2. The van der Waals surface area contributed by atoms with Crippen molar-refractivity contribution in [3.63, 3.8) is 0 Å². The number of halogens is 3. The summed E-state index contributed by atoms with van der Waals surface area (Å²) in [5.74, 6) is 0.991. The molecule has 8 aromatic rings. The highest BCUT2D eigenvalue weighted by Gasteiger charge is 2.49. The molecule has 436 valence electrons. The molecule has 12 rings (SSSR count). The van der Waals surface area contributed by atoms with Crippen molar-refractivity contribution in [1.29, 1.82) is 10.5 Å². The lowest BCUT2D eigenvalue weighted by atomic mass is 10.1. The molecule has 0 bridgehead atoms. The van der Waals surface area contributed by atoms with E-state index in [1.165, 1.54) is 19.6 Å². The summed E-state index contributed by atoms with van der Waals surface area (Å²) in [5, 5.41) is 44.5. The number of benzene rings is 6. The summed E-state index contributed by atoms with van der Waals surface area (Å²) < 4.78 is 37.2. The van der Waals surface area contributed by atoms with E-state index in [4.69, 9.17) is 69.0 Å². The minimum atomic E-state index is -0.664. The molecular weight excluding hydrogens is 1130 g/mol. The molecule has 2 unspecified atom stereocenters. The Kier molecular flexibility index (Phi) is 20.6. The van der Waals surface area contributed by atoms with Crippen LogP contribution in [0, 0.1) is 22.7 Å². The van der Waals surface area contributed by atoms with Crippen molar-refractivity contribution in [3.05, 3.63) is 204 Å². The molecule has 6 aromatic carbocycles. The molecule has 20 heteroatoms.